The Kier molecular flexibility index (Phi) is 21.0. The van der Waals surface area contributed by atoms with Crippen LogP contribution in [0.25, 0.3) is 0 Å². The summed E-state index contributed by atoms with van der Waals surface area (Å²) in [7, 11) is 2.77. The van der Waals surface area contributed by atoms with Crippen molar-refractivity contribution >= 4 is 92.1 Å². The van der Waals surface area contributed by atoms with Crippen molar-refractivity contribution in [3.63, 3.8) is 0 Å². The van der Waals surface area contributed by atoms with Gasteiger partial charge in [0.1, 0.15) is 17.8 Å². The number of thioether (sulfide) groups is 1. The molecule has 0 radical (unpaired) electrons. The van der Waals surface area contributed by atoms with E-state index in [0.717, 1.165) is 52.1 Å². The van der Waals surface area contributed by atoms with Crippen LogP contribution in [-0.2, 0) is 41.6 Å². The molecule has 1 fully saturated rings. The van der Waals surface area contributed by atoms with Gasteiger partial charge in [-0.05, 0) is 102 Å². The zero-order chi connectivity index (χ0) is 47.5. The quantitative estimate of drug-likeness (QED) is 0.0744. The van der Waals surface area contributed by atoms with Gasteiger partial charge in [-0.2, -0.15) is 0 Å². The van der Waals surface area contributed by atoms with Crippen LogP contribution in [0.3, 0.4) is 0 Å². The second kappa shape index (κ2) is 25.9. The SMILES string of the molecule is C.C.CC(=O)Oc1ccccc1C(=O)Cl.COC(=O)[C@H](c1ccccc1Cl)N1CCC2SC(=O)C=C2C1.COC(=O)[C@H](c1ccccc1Cl)N1CCc2sc(OC(=O)c3ccccc3C)cc2C1. The molecule has 0 N–H and O–H groups in total. The second-order valence-corrected chi connectivity index (χ2v) is 18.6. The van der Waals surface area contributed by atoms with E-state index in [9.17, 15) is 28.8 Å². The maximum Gasteiger partial charge on any atom is 0.344 e. The maximum atomic E-state index is 12.6. The minimum atomic E-state index is -0.642. The molecular formula is C51H53Cl3N2O10S2. The number of thiophene rings is 1. The number of piperidine rings is 1. The largest absolute Gasteiger partial charge is 0.468 e. The number of hydrogen-bond acceptors (Lipinski definition) is 14. The molecule has 8 rings (SSSR count). The molecule has 17 heteroatoms. The zero-order valence-electron chi connectivity index (χ0n) is 36.3. The fourth-order valence-corrected chi connectivity index (χ4v) is 10.3. The smallest absolute Gasteiger partial charge is 0.344 e. The minimum absolute atomic E-state index is 0. The highest BCUT2D eigenvalue weighted by atomic mass is 35.5. The molecule has 1 aromatic heterocycles. The van der Waals surface area contributed by atoms with Crippen molar-refractivity contribution in [2.75, 3.05) is 33.9 Å². The lowest BCUT2D eigenvalue weighted by atomic mass is 9.98. The van der Waals surface area contributed by atoms with Gasteiger partial charge in [-0.1, -0.05) is 117 Å². The van der Waals surface area contributed by atoms with Crippen molar-refractivity contribution in [3.8, 4) is 10.8 Å². The van der Waals surface area contributed by atoms with E-state index in [4.69, 9.17) is 53.8 Å². The predicted octanol–water partition coefficient (Wildman–Crippen LogP) is 11.3. The van der Waals surface area contributed by atoms with E-state index >= 15 is 0 Å². The van der Waals surface area contributed by atoms with Gasteiger partial charge >= 0.3 is 23.9 Å². The van der Waals surface area contributed by atoms with E-state index in [2.05, 4.69) is 4.90 Å². The molecule has 0 spiro atoms. The van der Waals surface area contributed by atoms with E-state index in [1.54, 1.807) is 36.4 Å². The molecule has 1 saturated heterocycles. The normalized spacial score (nSPS) is 15.8. The van der Waals surface area contributed by atoms with Crippen molar-refractivity contribution in [1.82, 2.24) is 9.80 Å². The Balaban J connectivity index is 0.000000238. The van der Waals surface area contributed by atoms with Gasteiger partial charge in [0, 0.05) is 53.3 Å². The molecule has 4 heterocycles. The van der Waals surface area contributed by atoms with Crippen molar-refractivity contribution in [1.29, 1.82) is 0 Å². The molecule has 5 aromatic rings. The van der Waals surface area contributed by atoms with Gasteiger partial charge in [0.2, 0.25) is 5.12 Å². The van der Waals surface area contributed by atoms with Crippen LogP contribution < -0.4 is 9.47 Å². The molecule has 68 heavy (non-hydrogen) atoms. The first kappa shape index (κ1) is 55.3. The van der Waals surface area contributed by atoms with E-state index in [0.29, 0.717) is 40.3 Å². The Labute approximate surface area is 420 Å². The van der Waals surface area contributed by atoms with E-state index in [1.165, 1.54) is 56.4 Å². The molecule has 0 aliphatic carbocycles. The lowest BCUT2D eigenvalue weighted by Crippen LogP contribution is -2.42. The number of methoxy groups -OCH3 is 2. The summed E-state index contributed by atoms with van der Waals surface area (Å²) >= 11 is 20.8. The van der Waals surface area contributed by atoms with Gasteiger partial charge in [0.25, 0.3) is 5.24 Å². The summed E-state index contributed by atoms with van der Waals surface area (Å²) in [6.45, 7) is 5.68. The fourth-order valence-electron chi connectivity index (χ4n) is 7.68. The summed E-state index contributed by atoms with van der Waals surface area (Å²) in [6, 6.07) is 29.0. The van der Waals surface area contributed by atoms with E-state index < -0.39 is 23.3 Å². The monoisotopic (exact) mass is 1020 g/mol. The summed E-state index contributed by atoms with van der Waals surface area (Å²) in [6.07, 6.45) is 3.29. The highest BCUT2D eigenvalue weighted by molar-refractivity contribution is 8.15. The van der Waals surface area contributed by atoms with Gasteiger partial charge in [-0.15, -0.1) is 11.3 Å². The Morgan fingerprint density at radius 3 is 1.82 bits per heavy atom. The van der Waals surface area contributed by atoms with Gasteiger partial charge in [-0.3, -0.25) is 24.2 Å². The fraction of sp³-hybridized carbons (Fsp3) is 0.294. The lowest BCUT2D eigenvalue weighted by Gasteiger charge is -2.36. The molecule has 12 nitrogen and oxygen atoms in total. The number of carbonyl (C=O) groups excluding carboxylic acids is 6. The Morgan fingerprint density at radius 1 is 0.721 bits per heavy atom. The highest BCUT2D eigenvalue weighted by Gasteiger charge is 2.38. The first-order valence-electron chi connectivity index (χ1n) is 20.6. The van der Waals surface area contributed by atoms with Crippen LogP contribution in [0.4, 0.5) is 0 Å². The molecule has 4 aromatic carbocycles. The van der Waals surface area contributed by atoms with Gasteiger partial charge in [0.05, 0.1) is 25.3 Å². The van der Waals surface area contributed by atoms with Gasteiger partial charge in [0.15, 0.2) is 5.06 Å². The number of fused-ring (bicyclic) bond motifs is 2. The first-order valence-corrected chi connectivity index (χ1v) is 23.4. The van der Waals surface area contributed by atoms with Gasteiger partial charge in [-0.25, -0.2) is 14.4 Å². The van der Waals surface area contributed by atoms with Crippen LogP contribution in [0.2, 0.25) is 10.0 Å². The van der Waals surface area contributed by atoms with Crippen LogP contribution in [0.5, 0.6) is 10.8 Å². The zero-order valence-corrected chi connectivity index (χ0v) is 40.2. The third kappa shape index (κ3) is 13.9. The number of esters is 4. The number of para-hydroxylation sites is 1. The predicted molar refractivity (Wildman–Crippen MR) is 269 cm³/mol. The second-order valence-electron chi connectivity index (χ2n) is 15.1. The standard InChI is InChI=1S/C24H22ClNO4S.C16H16ClNO3S.C9H7ClO3.2CH4/c1-15-7-3-4-8-17(15)23(27)30-21-13-16-14-26(12-11-20(16)31-21)22(24(28)29-2)18-9-5-6-10-19(18)25;1-21-16(20)15(11-4-2-3-5-12(11)17)18-7-6-13-10(9-18)8-14(19)22-13;1-6(11)13-8-5-3-2-4-7(8)9(10)12;;/h3-10,13,22H,11-12,14H2,1-2H3;2-5,8,13,15H,6-7,9H2,1H3;2-5H,1H3;2*1H4/t22-;13?,15-;;;/m00.../s1. The third-order valence-corrected chi connectivity index (χ3v) is 14.0. The van der Waals surface area contributed by atoms with Crippen LogP contribution in [0, 0.1) is 6.92 Å². The average Bonchev–Trinajstić information content (AvgIpc) is 3.89. The van der Waals surface area contributed by atoms with Gasteiger partial charge < -0.3 is 18.9 Å². The number of aryl methyl sites for hydroxylation is 1. The minimum Gasteiger partial charge on any atom is -0.468 e. The number of likely N-dealkylation sites (tertiary alicyclic amines) is 1. The number of benzene rings is 4. The third-order valence-electron chi connectivity index (χ3n) is 10.8. The topological polar surface area (TPSA) is 146 Å². The van der Waals surface area contributed by atoms with Crippen LogP contribution in [-0.4, -0.2) is 83.1 Å². The molecule has 3 atom stereocenters. The van der Waals surface area contributed by atoms with Crippen molar-refractivity contribution in [3.05, 3.63) is 163 Å². The number of carbonyl (C=O) groups is 6. The first-order chi connectivity index (χ1) is 31.7. The Bertz CT molecular complexity index is 2650. The lowest BCUT2D eigenvalue weighted by molar-refractivity contribution is -0.148. The molecule has 360 valence electrons. The number of ether oxygens (including phenoxy) is 4. The maximum absolute atomic E-state index is 12.6. The Morgan fingerprint density at radius 2 is 1.26 bits per heavy atom. The van der Waals surface area contributed by atoms with Crippen molar-refractivity contribution in [2.24, 2.45) is 0 Å². The summed E-state index contributed by atoms with van der Waals surface area (Å²) in [5, 5.41) is 1.36. The molecule has 3 aliphatic rings. The van der Waals surface area contributed by atoms with Crippen LogP contribution >= 0.6 is 57.9 Å². The molecule has 3 aliphatic heterocycles. The summed E-state index contributed by atoms with van der Waals surface area (Å²) in [5.41, 5.74) is 5.22. The summed E-state index contributed by atoms with van der Waals surface area (Å²) in [5.74, 6) is -1.33. The van der Waals surface area contributed by atoms with E-state index in [1.807, 2.05) is 72.5 Å². The van der Waals surface area contributed by atoms with Crippen LogP contribution in [0.1, 0.15) is 88.1 Å². The Hall–Kier alpha value is -5.32. The highest BCUT2D eigenvalue weighted by Crippen LogP contribution is 2.40. The van der Waals surface area contributed by atoms with Crippen LogP contribution in [0.15, 0.2) is 115 Å². The van der Waals surface area contributed by atoms with Crippen molar-refractivity contribution in [2.45, 2.75) is 65.4 Å². The molecule has 1 unspecified atom stereocenters. The summed E-state index contributed by atoms with van der Waals surface area (Å²) < 4.78 is 20.5. The number of hydrogen-bond donors (Lipinski definition) is 0. The van der Waals surface area contributed by atoms with Crippen molar-refractivity contribution < 1.29 is 47.7 Å². The summed E-state index contributed by atoms with van der Waals surface area (Å²) in [4.78, 5) is 75.7. The molecule has 0 bridgehead atoms. The number of halogens is 3. The average molecular weight is 1020 g/mol. The van der Waals surface area contributed by atoms with E-state index in [-0.39, 0.29) is 54.4 Å². The molecule has 0 saturated carbocycles. The molecular weight excluding hydrogens is 971 g/mol. The number of rotatable bonds is 10. The number of nitrogens with zero attached hydrogens (tertiary/aromatic N) is 2. The molecule has 0 amide bonds.